The Balaban J connectivity index is 3.86. The van der Waals surface area contributed by atoms with Crippen LogP contribution in [-0.4, -0.2) is 33.3 Å². The summed E-state index contributed by atoms with van der Waals surface area (Å²) in [6.07, 6.45) is -1.34. The fourth-order valence-electron chi connectivity index (χ4n) is 0.471. The van der Waals surface area contributed by atoms with E-state index in [9.17, 15) is 9.36 Å². The summed E-state index contributed by atoms with van der Waals surface area (Å²) in [6.45, 7) is 1.83. The van der Waals surface area contributed by atoms with Crippen molar-refractivity contribution in [2.24, 2.45) is 0 Å². The van der Waals surface area contributed by atoms with E-state index in [1.165, 1.54) is 14.2 Å². The van der Waals surface area contributed by atoms with Gasteiger partial charge < -0.3 is 18.5 Å². The number of carbonyl (C=O) groups excluding carboxylic acids is 1. The molecule has 78 valence electrons. The van der Waals surface area contributed by atoms with Crippen molar-refractivity contribution in [1.29, 1.82) is 0 Å². The van der Waals surface area contributed by atoms with Crippen LogP contribution in [0.4, 0.5) is 4.79 Å². The summed E-state index contributed by atoms with van der Waals surface area (Å²) < 4.78 is 29.2. The summed E-state index contributed by atoms with van der Waals surface area (Å²) in [5.41, 5.74) is 0. The van der Waals surface area contributed by atoms with Crippen LogP contribution in [0.15, 0.2) is 0 Å². The van der Waals surface area contributed by atoms with Gasteiger partial charge in [-0.05, 0) is 6.92 Å². The van der Waals surface area contributed by atoms with E-state index in [-0.39, 0.29) is 6.61 Å². The smallest absolute Gasteiger partial charge is 0.435 e. The van der Waals surface area contributed by atoms with Gasteiger partial charge >= 0.3 is 13.8 Å². The Morgan fingerprint density at radius 3 is 2.15 bits per heavy atom. The molecule has 0 N–H and O–H groups in total. The lowest BCUT2D eigenvalue weighted by molar-refractivity contribution is 0.0657. The highest BCUT2D eigenvalue weighted by molar-refractivity contribution is 7.53. The Kier molecular flexibility index (Phi) is 5.70. The number of hydrogen-bond acceptors (Lipinski definition) is 6. The molecule has 0 heterocycles. The van der Waals surface area contributed by atoms with Gasteiger partial charge in [0, 0.05) is 14.2 Å². The third-order valence-electron chi connectivity index (χ3n) is 1.16. The lowest BCUT2D eigenvalue weighted by atomic mass is 10.9. The first-order valence-electron chi connectivity index (χ1n) is 3.58. The molecule has 0 aromatic carbocycles. The van der Waals surface area contributed by atoms with Gasteiger partial charge in [0.15, 0.2) is 6.35 Å². The van der Waals surface area contributed by atoms with Crippen LogP contribution in [-0.2, 0) is 23.1 Å². The quantitative estimate of drug-likeness (QED) is 0.509. The first kappa shape index (κ1) is 12.4. The Hall–Kier alpha value is -0.580. The third kappa shape index (κ3) is 4.87. The lowest BCUT2D eigenvalue weighted by Gasteiger charge is -2.12. The van der Waals surface area contributed by atoms with Crippen LogP contribution < -0.4 is 0 Å². The van der Waals surface area contributed by atoms with Crippen LogP contribution in [0.5, 0.6) is 0 Å². The molecule has 0 aromatic heterocycles. The van der Waals surface area contributed by atoms with Crippen LogP contribution in [0.25, 0.3) is 0 Å². The summed E-state index contributed by atoms with van der Waals surface area (Å²) in [5.74, 6) is 0. The summed E-state index contributed by atoms with van der Waals surface area (Å²) in [7, 11) is -0.867. The van der Waals surface area contributed by atoms with Gasteiger partial charge in [-0.1, -0.05) is 0 Å². The average molecular weight is 212 g/mol. The van der Waals surface area contributed by atoms with Crippen molar-refractivity contribution in [3.05, 3.63) is 0 Å². The molecule has 0 aliphatic carbocycles. The summed E-state index contributed by atoms with van der Waals surface area (Å²) >= 11 is 0. The number of carbonyl (C=O) groups is 1. The van der Waals surface area contributed by atoms with Gasteiger partial charge in [-0.25, -0.2) is 4.79 Å². The van der Waals surface area contributed by atoms with E-state index in [1.807, 2.05) is 0 Å². The first-order valence-corrected chi connectivity index (χ1v) is 5.31. The maximum atomic E-state index is 11.3. The van der Waals surface area contributed by atoms with Crippen molar-refractivity contribution in [3.63, 3.8) is 0 Å². The topological polar surface area (TPSA) is 71.1 Å². The Morgan fingerprint density at radius 1 is 1.23 bits per heavy atom. The maximum Gasteiger partial charge on any atom is 0.508 e. The summed E-state index contributed by atoms with van der Waals surface area (Å²) in [5, 5.41) is 0. The molecule has 0 aromatic rings. The minimum atomic E-state index is -3.28. The number of rotatable bonds is 5. The zero-order chi connectivity index (χ0) is 10.3. The highest BCUT2D eigenvalue weighted by atomic mass is 31.2. The van der Waals surface area contributed by atoms with Gasteiger partial charge in [0.2, 0.25) is 0 Å². The predicted molar refractivity (Wildman–Crippen MR) is 44.6 cm³/mol. The zero-order valence-electron chi connectivity index (χ0n) is 7.81. The molecular weight excluding hydrogens is 199 g/mol. The number of ether oxygens (including phenoxy) is 2. The second-order valence-electron chi connectivity index (χ2n) is 1.93. The van der Waals surface area contributed by atoms with Crippen LogP contribution >= 0.6 is 7.60 Å². The van der Waals surface area contributed by atoms with E-state index < -0.39 is 20.1 Å². The van der Waals surface area contributed by atoms with Gasteiger partial charge in [-0.3, -0.25) is 4.57 Å². The first-order chi connectivity index (χ1) is 6.08. The molecule has 0 rings (SSSR count). The van der Waals surface area contributed by atoms with Crippen molar-refractivity contribution in [2.75, 3.05) is 27.2 Å². The molecule has 0 aliphatic rings. The minimum absolute atomic E-state index is 0.198. The van der Waals surface area contributed by atoms with Gasteiger partial charge in [0.05, 0.1) is 6.61 Å². The molecule has 0 unspecified atom stereocenters. The van der Waals surface area contributed by atoms with E-state index in [0.29, 0.717) is 0 Å². The maximum absolute atomic E-state index is 11.3. The van der Waals surface area contributed by atoms with Crippen LogP contribution in [0.2, 0.25) is 0 Å². The van der Waals surface area contributed by atoms with E-state index in [2.05, 4.69) is 18.5 Å². The Morgan fingerprint density at radius 2 is 1.77 bits per heavy atom. The van der Waals surface area contributed by atoms with E-state index in [1.54, 1.807) is 6.92 Å². The molecule has 13 heavy (non-hydrogen) atoms. The summed E-state index contributed by atoms with van der Waals surface area (Å²) in [4.78, 5) is 10.6. The summed E-state index contributed by atoms with van der Waals surface area (Å²) in [6, 6.07) is 0. The van der Waals surface area contributed by atoms with Crippen LogP contribution in [0.3, 0.4) is 0 Å². The normalized spacial score (nSPS) is 11.0. The largest absolute Gasteiger partial charge is 0.508 e. The third-order valence-corrected chi connectivity index (χ3v) is 2.72. The average Bonchev–Trinajstić information content (AvgIpc) is 2.15. The Bertz CT molecular complexity index is 195. The Labute approximate surface area is 76.6 Å². The molecule has 6 nitrogen and oxygen atoms in total. The SMILES string of the molecule is CCOC(=O)OCP(=O)(OC)OC. The zero-order valence-corrected chi connectivity index (χ0v) is 8.71. The number of hydrogen-bond donors (Lipinski definition) is 0. The van der Waals surface area contributed by atoms with Gasteiger partial charge in [-0.15, -0.1) is 0 Å². The van der Waals surface area contributed by atoms with Crippen molar-refractivity contribution in [3.8, 4) is 0 Å². The molecule has 0 aliphatic heterocycles. The molecular formula is C6H13O6P. The van der Waals surface area contributed by atoms with E-state index in [4.69, 9.17) is 0 Å². The monoisotopic (exact) mass is 212 g/mol. The molecule has 0 amide bonds. The van der Waals surface area contributed by atoms with Crippen molar-refractivity contribution < 1.29 is 27.9 Å². The van der Waals surface area contributed by atoms with Gasteiger partial charge in [0.1, 0.15) is 0 Å². The molecule has 0 bridgehead atoms. The molecule has 0 fully saturated rings. The van der Waals surface area contributed by atoms with Gasteiger partial charge in [-0.2, -0.15) is 0 Å². The van der Waals surface area contributed by atoms with E-state index >= 15 is 0 Å². The highest BCUT2D eigenvalue weighted by Gasteiger charge is 2.23. The second-order valence-corrected chi connectivity index (χ2v) is 4.14. The molecule has 0 radical (unpaired) electrons. The van der Waals surface area contributed by atoms with Crippen LogP contribution in [0.1, 0.15) is 6.92 Å². The van der Waals surface area contributed by atoms with Crippen LogP contribution in [0, 0.1) is 0 Å². The highest BCUT2D eigenvalue weighted by Crippen LogP contribution is 2.46. The second kappa shape index (κ2) is 5.96. The molecule has 0 spiro atoms. The van der Waals surface area contributed by atoms with Gasteiger partial charge in [0.25, 0.3) is 0 Å². The fraction of sp³-hybridized carbons (Fsp3) is 0.833. The fourth-order valence-corrected chi connectivity index (χ4v) is 1.09. The van der Waals surface area contributed by atoms with Crippen molar-refractivity contribution in [1.82, 2.24) is 0 Å². The predicted octanol–water partition coefficient (Wildman–Crippen LogP) is 1.60. The molecule has 0 saturated carbocycles. The standard InChI is InChI=1S/C6H13O6P/c1-4-11-6(7)12-5-13(8,9-2)10-3/h4-5H2,1-3H3. The molecule has 7 heteroatoms. The van der Waals surface area contributed by atoms with E-state index in [0.717, 1.165) is 0 Å². The molecule has 0 saturated heterocycles. The van der Waals surface area contributed by atoms with Crippen molar-refractivity contribution >= 4 is 13.8 Å². The minimum Gasteiger partial charge on any atom is -0.435 e. The molecule has 0 atom stereocenters. The lowest BCUT2D eigenvalue weighted by Crippen LogP contribution is -2.09. The van der Waals surface area contributed by atoms with Crippen molar-refractivity contribution in [2.45, 2.75) is 6.92 Å².